The fourth-order valence-electron chi connectivity index (χ4n) is 3.44. The summed E-state index contributed by atoms with van der Waals surface area (Å²) in [4.78, 5) is 23.4. The molecule has 17 heavy (non-hydrogen) atoms. The van der Waals surface area contributed by atoms with E-state index in [1.54, 1.807) is 0 Å². The lowest BCUT2D eigenvalue weighted by atomic mass is 9.70. The lowest BCUT2D eigenvalue weighted by Gasteiger charge is -2.32. The van der Waals surface area contributed by atoms with Crippen molar-refractivity contribution in [2.45, 2.75) is 31.1 Å². The zero-order chi connectivity index (χ0) is 11.6. The monoisotopic (exact) mass is 232 g/mol. The molecule has 2 aromatic rings. The number of rotatable bonds is 0. The van der Waals surface area contributed by atoms with Crippen LogP contribution in [-0.4, -0.2) is 20.4 Å². The summed E-state index contributed by atoms with van der Waals surface area (Å²) in [5, 5.41) is 11.2. The molecule has 0 spiro atoms. The van der Waals surface area contributed by atoms with Crippen molar-refractivity contribution in [3.63, 3.8) is 0 Å². The number of nitrogens with one attached hydrogen (secondary N) is 4. The van der Waals surface area contributed by atoms with Gasteiger partial charge in [-0.25, -0.2) is 0 Å². The topological polar surface area (TPSA) is 97.3 Å². The molecule has 0 amide bonds. The largest absolute Gasteiger partial charge is 0.302 e. The minimum Gasteiger partial charge on any atom is -0.302 e. The summed E-state index contributed by atoms with van der Waals surface area (Å²) >= 11 is 0. The Kier molecular flexibility index (Phi) is 1.51. The zero-order valence-corrected chi connectivity index (χ0v) is 9.09. The van der Waals surface area contributed by atoms with E-state index in [1.165, 1.54) is 0 Å². The zero-order valence-electron chi connectivity index (χ0n) is 9.09. The number of H-pyrrole nitrogens is 4. The van der Waals surface area contributed by atoms with Gasteiger partial charge in [-0.05, 0) is 31.1 Å². The Morgan fingerprint density at radius 3 is 1.71 bits per heavy atom. The van der Waals surface area contributed by atoms with Crippen LogP contribution in [0.3, 0.4) is 0 Å². The van der Waals surface area contributed by atoms with Gasteiger partial charge in [0.25, 0.3) is 11.1 Å². The Bertz CT molecular complexity index is 641. The molecule has 2 atom stereocenters. The fraction of sp³-hybridized carbons (Fsp3) is 0.455. The van der Waals surface area contributed by atoms with Crippen molar-refractivity contribution < 1.29 is 0 Å². The molecule has 4 N–H and O–H groups in total. The Morgan fingerprint density at radius 2 is 1.24 bits per heavy atom. The van der Waals surface area contributed by atoms with Crippen molar-refractivity contribution in [3.05, 3.63) is 43.2 Å². The number of hydrogen-bond acceptors (Lipinski definition) is 2. The highest BCUT2D eigenvalue weighted by atomic mass is 16.1. The van der Waals surface area contributed by atoms with E-state index in [4.69, 9.17) is 0 Å². The van der Waals surface area contributed by atoms with Gasteiger partial charge >= 0.3 is 0 Å². The average molecular weight is 232 g/mol. The first kappa shape index (κ1) is 9.09. The van der Waals surface area contributed by atoms with Crippen LogP contribution >= 0.6 is 0 Å². The van der Waals surface area contributed by atoms with Crippen LogP contribution in [0.5, 0.6) is 0 Å². The van der Waals surface area contributed by atoms with Crippen molar-refractivity contribution >= 4 is 0 Å². The third-order valence-electron chi connectivity index (χ3n) is 4.08. The molecule has 0 saturated heterocycles. The van der Waals surface area contributed by atoms with Crippen LogP contribution in [0.25, 0.3) is 0 Å². The van der Waals surface area contributed by atoms with Gasteiger partial charge in [0.2, 0.25) is 0 Å². The highest BCUT2D eigenvalue weighted by Crippen LogP contribution is 2.43. The fourth-order valence-corrected chi connectivity index (χ4v) is 3.44. The molecule has 2 aliphatic rings. The quantitative estimate of drug-likeness (QED) is 0.517. The number of aromatic nitrogens is 4. The lowest BCUT2D eigenvalue weighted by molar-refractivity contribution is 0.449. The SMILES string of the molecule is O=c1[nH][nH]c2c1[C@@H]1Cc3[nH][nH]c(=O)c3[C@H](C2)C1. The molecular formula is C11H12N4O2. The minimum absolute atomic E-state index is 0.00946. The van der Waals surface area contributed by atoms with E-state index in [0.29, 0.717) is 0 Å². The molecule has 0 saturated carbocycles. The van der Waals surface area contributed by atoms with Crippen LogP contribution in [0.1, 0.15) is 40.8 Å². The Morgan fingerprint density at radius 1 is 0.765 bits per heavy atom. The van der Waals surface area contributed by atoms with Gasteiger partial charge in [0, 0.05) is 22.5 Å². The van der Waals surface area contributed by atoms with Gasteiger partial charge in [-0.3, -0.25) is 19.8 Å². The second-order valence-corrected chi connectivity index (χ2v) is 4.98. The predicted octanol–water partition coefficient (Wildman–Crippen LogP) is 0.0891. The van der Waals surface area contributed by atoms with Crippen LogP contribution < -0.4 is 11.1 Å². The Labute approximate surface area is 95.4 Å². The second-order valence-electron chi connectivity index (χ2n) is 4.98. The molecule has 6 heteroatoms. The summed E-state index contributed by atoms with van der Waals surface area (Å²) in [6, 6.07) is 0. The summed E-state index contributed by atoms with van der Waals surface area (Å²) in [6.07, 6.45) is 2.40. The van der Waals surface area contributed by atoms with Gasteiger partial charge in [-0.15, -0.1) is 0 Å². The maximum absolute atomic E-state index is 11.7. The maximum atomic E-state index is 11.7. The molecule has 0 aromatic carbocycles. The summed E-state index contributed by atoms with van der Waals surface area (Å²) in [5.74, 6) is 0.468. The molecule has 2 bridgehead atoms. The first-order valence-electron chi connectivity index (χ1n) is 5.83. The van der Waals surface area contributed by atoms with Gasteiger partial charge in [0.1, 0.15) is 0 Å². The maximum Gasteiger partial charge on any atom is 0.267 e. The Balaban J connectivity index is 1.94. The highest BCUT2D eigenvalue weighted by molar-refractivity contribution is 5.37. The van der Waals surface area contributed by atoms with Gasteiger partial charge in [-0.2, -0.15) is 0 Å². The first-order valence-corrected chi connectivity index (χ1v) is 5.83. The van der Waals surface area contributed by atoms with Crippen LogP contribution in [0, 0.1) is 0 Å². The van der Waals surface area contributed by atoms with Crippen LogP contribution in [0.4, 0.5) is 0 Å². The van der Waals surface area contributed by atoms with Crippen molar-refractivity contribution in [1.29, 1.82) is 0 Å². The van der Waals surface area contributed by atoms with E-state index < -0.39 is 0 Å². The smallest absolute Gasteiger partial charge is 0.267 e. The standard InChI is InChI=1S/C11H12N4O2/c16-10-8-4-1-5(3-7(8)13-15-10)9-6(2-4)12-14-11(9)17/h4-5H,1-3H2,(H2,12,14,17)(H2,13,15,16)/t4-,5-/m0/s1. The molecule has 4 rings (SSSR count). The number of fused-ring (bicyclic) bond motifs is 6. The molecule has 88 valence electrons. The summed E-state index contributed by atoms with van der Waals surface area (Å²) in [5.41, 5.74) is 3.70. The van der Waals surface area contributed by atoms with Crippen LogP contribution in [-0.2, 0) is 12.8 Å². The molecule has 0 aliphatic heterocycles. The van der Waals surface area contributed by atoms with Gasteiger partial charge in [0.05, 0.1) is 0 Å². The first-order chi connectivity index (χ1) is 8.24. The minimum atomic E-state index is -0.00946. The summed E-state index contributed by atoms with van der Waals surface area (Å²) < 4.78 is 0. The van der Waals surface area contributed by atoms with E-state index in [-0.39, 0.29) is 23.0 Å². The molecular weight excluding hydrogens is 220 g/mol. The summed E-state index contributed by atoms with van der Waals surface area (Å²) in [6.45, 7) is 0. The summed E-state index contributed by atoms with van der Waals surface area (Å²) in [7, 11) is 0. The van der Waals surface area contributed by atoms with Gasteiger partial charge in [-0.1, -0.05) is 0 Å². The molecule has 2 heterocycles. The third kappa shape index (κ3) is 1.05. The van der Waals surface area contributed by atoms with Crippen molar-refractivity contribution in [3.8, 4) is 0 Å². The average Bonchev–Trinajstić information content (AvgIpc) is 2.84. The van der Waals surface area contributed by atoms with Crippen molar-refractivity contribution in [2.24, 2.45) is 0 Å². The van der Waals surface area contributed by atoms with E-state index in [9.17, 15) is 9.59 Å². The highest BCUT2D eigenvalue weighted by Gasteiger charge is 2.38. The Hall–Kier alpha value is -1.98. The normalized spacial score (nSPS) is 25.4. The second kappa shape index (κ2) is 2.82. The van der Waals surface area contributed by atoms with E-state index in [0.717, 1.165) is 41.8 Å². The third-order valence-corrected chi connectivity index (χ3v) is 4.08. The molecule has 2 aromatic heterocycles. The predicted molar refractivity (Wildman–Crippen MR) is 60.3 cm³/mol. The number of aromatic amines is 4. The van der Waals surface area contributed by atoms with E-state index >= 15 is 0 Å². The lowest BCUT2D eigenvalue weighted by Crippen LogP contribution is -2.29. The molecule has 0 radical (unpaired) electrons. The molecule has 2 aliphatic carbocycles. The van der Waals surface area contributed by atoms with E-state index in [1.807, 2.05) is 0 Å². The molecule has 0 unspecified atom stereocenters. The number of hydrogen-bond donors (Lipinski definition) is 4. The van der Waals surface area contributed by atoms with Crippen LogP contribution in [0.2, 0.25) is 0 Å². The molecule has 0 fully saturated rings. The molecule has 6 nitrogen and oxygen atoms in total. The van der Waals surface area contributed by atoms with Crippen molar-refractivity contribution in [1.82, 2.24) is 20.4 Å². The van der Waals surface area contributed by atoms with Gasteiger partial charge in [0.15, 0.2) is 0 Å². The van der Waals surface area contributed by atoms with Crippen molar-refractivity contribution in [2.75, 3.05) is 0 Å². The van der Waals surface area contributed by atoms with E-state index in [2.05, 4.69) is 20.4 Å². The van der Waals surface area contributed by atoms with Gasteiger partial charge < -0.3 is 10.2 Å². The van der Waals surface area contributed by atoms with Crippen LogP contribution in [0.15, 0.2) is 9.59 Å².